The van der Waals surface area contributed by atoms with Gasteiger partial charge in [-0.25, -0.2) is 0 Å². The van der Waals surface area contributed by atoms with E-state index in [-0.39, 0.29) is 0 Å². The van der Waals surface area contributed by atoms with Crippen LogP contribution in [0.5, 0.6) is 0 Å². The highest BCUT2D eigenvalue weighted by atomic mass is 32.1. The van der Waals surface area contributed by atoms with E-state index in [0.717, 1.165) is 37.8 Å². The van der Waals surface area contributed by atoms with Crippen molar-refractivity contribution >= 4 is 34.9 Å². The summed E-state index contributed by atoms with van der Waals surface area (Å²) in [5.41, 5.74) is 0. The molecule has 2 aliphatic rings. The predicted octanol–water partition coefficient (Wildman–Crippen LogP) is 4.18. The average molecular weight is 405 g/mol. The van der Waals surface area contributed by atoms with Gasteiger partial charge in [0.2, 0.25) is 5.95 Å². The number of thiocarbonyl (C=S) groups is 1. The van der Waals surface area contributed by atoms with E-state index < -0.39 is 0 Å². The van der Waals surface area contributed by atoms with Gasteiger partial charge in [0.1, 0.15) is 11.6 Å². The third-order valence-electron chi connectivity index (χ3n) is 5.62. The Labute approximate surface area is 175 Å². The van der Waals surface area contributed by atoms with E-state index in [1.165, 1.54) is 44.9 Å². The van der Waals surface area contributed by atoms with Crippen molar-refractivity contribution in [3.8, 4) is 0 Å². The normalized spacial score (nSPS) is 20.8. The molecule has 0 spiro atoms. The zero-order valence-corrected chi connectivity index (χ0v) is 18.5. The van der Waals surface area contributed by atoms with Gasteiger partial charge in [0, 0.05) is 38.3 Å². The molecule has 6 nitrogen and oxygen atoms in total. The Morgan fingerprint density at radius 3 is 2.43 bits per heavy atom. The van der Waals surface area contributed by atoms with Crippen molar-refractivity contribution in [3.05, 3.63) is 6.07 Å². The third-order valence-corrected chi connectivity index (χ3v) is 5.87. The Hall–Kier alpha value is -1.63. The quantitative estimate of drug-likeness (QED) is 0.714. The summed E-state index contributed by atoms with van der Waals surface area (Å²) in [5, 5.41) is 7.09. The van der Waals surface area contributed by atoms with Crippen molar-refractivity contribution in [2.75, 3.05) is 41.3 Å². The Morgan fingerprint density at radius 2 is 1.75 bits per heavy atom. The van der Waals surface area contributed by atoms with Gasteiger partial charge in [0.05, 0.1) is 0 Å². The smallest absolute Gasteiger partial charge is 0.232 e. The van der Waals surface area contributed by atoms with Gasteiger partial charge in [-0.3, -0.25) is 0 Å². The molecule has 156 valence electrons. The molecule has 3 rings (SSSR count). The van der Waals surface area contributed by atoms with E-state index in [1.807, 2.05) is 0 Å². The first-order valence-corrected chi connectivity index (χ1v) is 11.4. The highest BCUT2D eigenvalue weighted by Crippen LogP contribution is 2.28. The fraction of sp³-hybridized carbons (Fsp3) is 0.762. The molecule has 2 fully saturated rings. The molecule has 2 aliphatic heterocycles. The van der Waals surface area contributed by atoms with Crippen LogP contribution in [0.4, 0.5) is 17.6 Å². The van der Waals surface area contributed by atoms with Crippen molar-refractivity contribution in [2.45, 2.75) is 71.8 Å². The highest BCUT2D eigenvalue weighted by Gasteiger charge is 2.22. The fourth-order valence-corrected chi connectivity index (χ4v) is 4.14. The summed E-state index contributed by atoms with van der Waals surface area (Å²) in [5.74, 6) is 3.19. The minimum Gasteiger partial charge on any atom is -0.362 e. The Morgan fingerprint density at radius 1 is 1.07 bits per heavy atom. The number of anilines is 3. The zero-order chi connectivity index (χ0) is 19.9. The Bertz CT molecular complexity index is 642. The number of piperidine rings is 1. The first kappa shape index (κ1) is 21.1. The maximum absolute atomic E-state index is 5.47. The first-order valence-electron chi connectivity index (χ1n) is 11.0. The van der Waals surface area contributed by atoms with E-state index >= 15 is 0 Å². The van der Waals surface area contributed by atoms with Crippen LogP contribution in [-0.2, 0) is 0 Å². The summed E-state index contributed by atoms with van der Waals surface area (Å²) >= 11 is 5.47. The molecule has 2 N–H and O–H groups in total. The Kier molecular flexibility index (Phi) is 7.71. The van der Waals surface area contributed by atoms with E-state index in [2.05, 4.69) is 47.3 Å². The molecule has 0 aromatic carbocycles. The van der Waals surface area contributed by atoms with Crippen LogP contribution >= 0.6 is 12.2 Å². The monoisotopic (exact) mass is 404 g/mol. The molecule has 1 aromatic heterocycles. The molecule has 2 saturated heterocycles. The van der Waals surface area contributed by atoms with E-state index in [4.69, 9.17) is 22.2 Å². The molecule has 0 bridgehead atoms. The molecule has 1 atom stereocenters. The van der Waals surface area contributed by atoms with Gasteiger partial charge in [0.25, 0.3) is 0 Å². The van der Waals surface area contributed by atoms with Crippen LogP contribution in [0.1, 0.15) is 65.7 Å². The van der Waals surface area contributed by atoms with Crippen LogP contribution in [0.15, 0.2) is 6.07 Å². The van der Waals surface area contributed by atoms with Crippen LogP contribution in [0, 0.1) is 5.92 Å². The SMILES string of the molecule is CC(C)CNC(=S)Nc1nc(N2CCCCCC2)cc(N2CCCC[C@@H]2C)n1. The lowest BCUT2D eigenvalue weighted by Gasteiger charge is -2.35. The standard InChI is InChI=1S/C21H36N6S/c1-16(2)15-22-21(28)25-20-23-18(26-11-7-4-5-8-12-26)14-19(24-20)27-13-9-6-10-17(27)3/h14,16-17H,4-13,15H2,1-3H3,(H2,22,23,24,25,28)/t17-/m0/s1. The molecule has 3 heterocycles. The van der Waals surface area contributed by atoms with Gasteiger partial charge in [-0.1, -0.05) is 26.7 Å². The van der Waals surface area contributed by atoms with Crippen molar-refractivity contribution in [3.63, 3.8) is 0 Å². The molecule has 0 saturated carbocycles. The second kappa shape index (κ2) is 10.2. The maximum Gasteiger partial charge on any atom is 0.232 e. The lowest BCUT2D eigenvalue weighted by atomic mass is 10.0. The van der Waals surface area contributed by atoms with Gasteiger partial charge in [0.15, 0.2) is 5.11 Å². The topological polar surface area (TPSA) is 56.3 Å². The molecular formula is C21H36N6S. The van der Waals surface area contributed by atoms with E-state index in [0.29, 0.717) is 23.0 Å². The summed E-state index contributed by atoms with van der Waals surface area (Å²) in [7, 11) is 0. The van der Waals surface area contributed by atoms with Crippen molar-refractivity contribution in [1.82, 2.24) is 15.3 Å². The third kappa shape index (κ3) is 5.93. The van der Waals surface area contributed by atoms with Crippen LogP contribution in [0.25, 0.3) is 0 Å². The first-order chi connectivity index (χ1) is 13.5. The second-order valence-corrected chi connectivity index (χ2v) is 8.98. The van der Waals surface area contributed by atoms with Crippen LogP contribution < -0.4 is 20.4 Å². The van der Waals surface area contributed by atoms with Gasteiger partial charge in [-0.2, -0.15) is 9.97 Å². The fourth-order valence-electron chi connectivity index (χ4n) is 3.97. The summed E-state index contributed by atoms with van der Waals surface area (Å²) in [6, 6.07) is 2.70. The maximum atomic E-state index is 5.47. The summed E-state index contributed by atoms with van der Waals surface area (Å²) in [6.45, 7) is 10.7. The number of hydrogen-bond donors (Lipinski definition) is 2. The van der Waals surface area contributed by atoms with Gasteiger partial charge in [-0.15, -0.1) is 0 Å². The second-order valence-electron chi connectivity index (χ2n) is 8.58. The van der Waals surface area contributed by atoms with Gasteiger partial charge >= 0.3 is 0 Å². The summed E-state index contributed by atoms with van der Waals surface area (Å²) in [6.07, 6.45) is 8.84. The lowest BCUT2D eigenvalue weighted by Crippen LogP contribution is -2.39. The minimum atomic E-state index is 0.513. The predicted molar refractivity (Wildman–Crippen MR) is 122 cm³/mol. The number of aromatic nitrogens is 2. The van der Waals surface area contributed by atoms with Crippen LogP contribution in [0.3, 0.4) is 0 Å². The van der Waals surface area contributed by atoms with Crippen molar-refractivity contribution in [2.24, 2.45) is 5.92 Å². The zero-order valence-electron chi connectivity index (χ0n) is 17.7. The number of rotatable bonds is 5. The minimum absolute atomic E-state index is 0.513. The van der Waals surface area contributed by atoms with Crippen molar-refractivity contribution < 1.29 is 0 Å². The molecule has 0 amide bonds. The van der Waals surface area contributed by atoms with Gasteiger partial charge in [-0.05, 0) is 57.2 Å². The molecule has 28 heavy (non-hydrogen) atoms. The summed E-state index contributed by atoms with van der Waals surface area (Å²) in [4.78, 5) is 14.5. The van der Waals surface area contributed by atoms with E-state index in [1.54, 1.807) is 0 Å². The van der Waals surface area contributed by atoms with Crippen LogP contribution in [0.2, 0.25) is 0 Å². The van der Waals surface area contributed by atoms with Gasteiger partial charge < -0.3 is 20.4 Å². The molecular weight excluding hydrogens is 368 g/mol. The van der Waals surface area contributed by atoms with E-state index in [9.17, 15) is 0 Å². The average Bonchev–Trinajstić information content (AvgIpc) is 2.96. The molecule has 0 aliphatic carbocycles. The number of nitrogens with zero attached hydrogens (tertiary/aromatic N) is 4. The number of nitrogens with one attached hydrogen (secondary N) is 2. The van der Waals surface area contributed by atoms with Crippen molar-refractivity contribution in [1.29, 1.82) is 0 Å². The lowest BCUT2D eigenvalue weighted by molar-refractivity contribution is 0.481. The highest BCUT2D eigenvalue weighted by molar-refractivity contribution is 7.80. The number of hydrogen-bond acceptors (Lipinski definition) is 5. The molecule has 0 radical (unpaired) electrons. The van der Waals surface area contributed by atoms with Crippen LogP contribution in [-0.4, -0.2) is 47.3 Å². The largest absolute Gasteiger partial charge is 0.362 e. The summed E-state index contributed by atoms with van der Waals surface area (Å²) < 4.78 is 0. The molecule has 7 heteroatoms. The Balaban J connectivity index is 1.83. The molecule has 1 aromatic rings. The molecule has 0 unspecified atom stereocenters.